The molecule has 3 aromatic rings. The number of benzene rings is 1. The van der Waals surface area contributed by atoms with Gasteiger partial charge < -0.3 is 20.1 Å². The highest BCUT2D eigenvalue weighted by Gasteiger charge is 2.05. The van der Waals surface area contributed by atoms with Crippen LogP contribution in [0.15, 0.2) is 61.1 Å². The average Bonchev–Trinajstić information content (AvgIpc) is 2.75. The molecule has 0 aliphatic carbocycles. The summed E-state index contributed by atoms with van der Waals surface area (Å²) in [5.74, 6) is 2.35. The maximum Gasteiger partial charge on any atom is 0.222 e. The Morgan fingerprint density at radius 3 is 2.52 bits per heavy atom. The van der Waals surface area contributed by atoms with Crippen molar-refractivity contribution in [3.63, 3.8) is 0 Å². The number of hydrogen-bond donors (Lipinski definition) is 2. The minimum Gasteiger partial charge on any atom is -0.494 e. The Balaban J connectivity index is 1.44. The van der Waals surface area contributed by atoms with E-state index in [4.69, 9.17) is 9.47 Å². The van der Waals surface area contributed by atoms with Crippen LogP contribution in [0.1, 0.15) is 18.9 Å². The number of rotatable bonds is 10. The molecule has 3 rings (SSSR count). The third kappa shape index (κ3) is 6.76. The predicted octanol–water partition coefficient (Wildman–Crippen LogP) is 3.18. The number of aromatic nitrogens is 3. The van der Waals surface area contributed by atoms with E-state index in [0.29, 0.717) is 43.7 Å². The van der Waals surface area contributed by atoms with E-state index in [1.807, 2.05) is 37.3 Å². The molecule has 0 saturated heterocycles. The Morgan fingerprint density at radius 1 is 1.00 bits per heavy atom. The van der Waals surface area contributed by atoms with Gasteiger partial charge in [0.05, 0.1) is 6.61 Å². The molecule has 0 aliphatic rings. The van der Waals surface area contributed by atoms with Gasteiger partial charge in [-0.15, -0.1) is 0 Å². The summed E-state index contributed by atoms with van der Waals surface area (Å²) in [6.45, 7) is 3.40. The van der Waals surface area contributed by atoms with Crippen molar-refractivity contribution in [2.45, 2.75) is 19.9 Å². The molecule has 29 heavy (non-hydrogen) atoms. The molecule has 8 heteroatoms. The van der Waals surface area contributed by atoms with Crippen molar-refractivity contribution in [1.82, 2.24) is 20.3 Å². The van der Waals surface area contributed by atoms with Crippen LogP contribution in [0.4, 0.5) is 5.95 Å². The highest BCUT2D eigenvalue weighted by Crippen LogP contribution is 2.23. The lowest BCUT2D eigenvalue weighted by molar-refractivity contribution is -0.121. The smallest absolute Gasteiger partial charge is 0.222 e. The Morgan fingerprint density at radius 2 is 1.76 bits per heavy atom. The summed E-state index contributed by atoms with van der Waals surface area (Å²) in [5.41, 5.74) is 0.897. The molecule has 1 aromatic carbocycles. The van der Waals surface area contributed by atoms with Crippen molar-refractivity contribution in [2.75, 3.05) is 18.5 Å². The Bertz CT molecular complexity index is 904. The number of anilines is 1. The first kappa shape index (κ1) is 20.1. The summed E-state index contributed by atoms with van der Waals surface area (Å²) in [6, 6.07) is 12.7. The number of nitrogens with one attached hydrogen (secondary N) is 2. The highest BCUT2D eigenvalue weighted by molar-refractivity contribution is 5.76. The molecule has 0 aliphatic heterocycles. The second kappa shape index (κ2) is 10.6. The molecule has 0 spiro atoms. The fourth-order valence-corrected chi connectivity index (χ4v) is 2.47. The van der Waals surface area contributed by atoms with Crippen LogP contribution in [0.2, 0.25) is 0 Å². The topological polar surface area (TPSA) is 98.3 Å². The van der Waals surface area contributed by atoms with E-state index < -0.39 is 0 Å². The zero-order chi connectivity index (χ0) is 20.3. The number of amides is 1. The lowest BCUT2D eigenvalue weighted by Gasteiger charge is -2.09. The quantitative estimate of drug-likeness (QED) is 0.546. The molecule has 0 atom stereocenters. The number of carbonyl (C=O) groups is 1. The van der Waals surface area contributed by atoms with E-state index in [2.05, 4.69) is 25.6 Å². The number of pyridine rings is 1. The van der Waals surface area contributed by atoms with Crippen molar-refractivity contribution < 1.29 is 14.3 Å². The van der Waals surface area contributed by atoms with Gasteiger partial charge in [-0.3, -0.25) is 4.79 Å². The van der Waals surface area contributed by atoms with E-state index >= 15 is 0 Å². The SMILES string of the molecule is CCOc1ccc(Oc2cc(CNC(=O)CCNc3ncccn3)ccn2)cc1. The summed E-state index contributed by atoms with van der Waals surface area (Å²) in [5, 5.41) is 5.88. The summed E-state index contributed by atoms with van der Waals surface area (Å²) in [7, 11) is 0. The van der Waals surface area contributed by atoms with Crippen molar-refractivity contribution in [2.24, 2.45) is 0 Å². The van der Waals surface area contributed by atoms with Crippen LogP contribution >= 0.6 is 0 Å². The van der Waals surface area contributed by atoms with Crippen LogP contribution < -0.4 is 20.1 Å². The van der Waals surface area contributed by atoms with Crippen molar-refractivity contribution in [3.05, 3.63) is 66.6 Å². The van der Waals surface area contributed by atoms with E-state index in [9.17, 15) is 4.79 Å². The molecule has 2 N–H and O–H groups in total. The van der Waals surface area contributed by atoms with Gasteiger partial charge in [0, 0.05) is 44.2 Å². The Kier molecular flexibility index (Phi) is 7.34. The maximum atomic E-state index is 12.0. The van der Waals surface area contributed by atoms with Crippen LogP contribution in [-0.2, 0) is 11.3 Å². The third-order valence-corrected chi connectivity index (χ3v) is 3.85. The molecule has 0 radical (unpaired) electrons. The Hall–Kier alpha value is -3.68. The van der Waals surface area contributed by atoms with Gasteiger partial charge in [0.15, 0.2) is 0 Å². The second-order valence-electron chi connectivity index (χ2n) is 6.03. The van der Waals surface area contributed by atoms with Gasteiger partial charge in [0.1, 0.15) is 11.5 Å². The summed E-state index contributed by atoms with van der Waals surface area (Å²) >= 11 is 0. The first-order chi connectivity index (χ1) is 14.2. The minimum atomic E-state index is -0.0702. The molecule has 2 aromatic heterocycles. The molecular formula is C21H23N5O3. The third-order valence-electron chi connectivity index (χ3n) is 3.85. The van der Waals surface area contributed by atoms with Crippen molar-refractivity contribution in [3.8, 4) is 17.4 Å². The first-order valence-electron chi connectivity index (χ1n) is 9.36. The minimum absolute atomic E-state index is 0.0702. The normalized spacial score (nSPS) is 10.2. The zero-order valence-electron chi connectivity index (χ0n) is 16.2. The van der Waals surface area contributed by atoms with Crippen molar-refractivity contribution >= 4 is 11.9 Å². The van der Waals surface area contributed by atoms with Crippen LogP contribution in [0.5, 0.6) is 17.4 Å². The molecule has 0 saturated carbocycles. The standard InChI is InChI=1S/C21H23N5O3/c1-2-28-17-4-6-18(7-5-17)29-20-14-16(8-12-22-20)15-26-19(27)9-13-25-21-23-10-3-11-24-21/h3-8,10-12,14H,2,9,13,15H2,1H3,(H,26,27)(H,23,24,25). The molecular weight excluding hydrogens is 370 g/mol. The number of carbonyl (C=O) groups excluding carboxylic acids is 1. The largest absolute Gasteiger partial charge is 0.494 e. The number of hydrogen-bond acceptors (Lipinski definition) is 7. The van der Waals surface area contributed by atoms with Gasteiger partial charge in [-0.25, -0.2) is 15.0 Å². The van der Waals surface area contributed by atoms with Gasteiger partial charge in [0.2, 0.25) is 17.7 Å². The van der Waals surface area contributed by atoms with Gasteiger partial charge in [-0.1, -0.05) is 0 Å². The summed E-state index contributed by atoms with van der Waals surface area (Å²) < 4.78 is 11.2. The van der Waals surface area contributed by atoms with Gasteiger partial charge in [0.25, 0.3) is 0 Å². The fraction of sp³-hybridized carbons (Fsp3) is 0.238. The molecule has 2 heterocycles. The lowest BCUT2D eigenvalue weighted by atomic mass is 10.2. The van der Waals surface area contributed by atoms with Crippen LogP contribution in [0.25, 0.3) is 0 Å². The molecule has 8 nitrogen and oxygen atoms in total. The Labute approximate surface area is 169 Å². The van der Waals surface area contributed by atoms with E-state index in [1.54, 1.807) is 30.7 Å². The number of ether oxygens (including phenoxy) is 2. The average molecular weight is 393 g/mol. The molecule has 0 bridgehead atoms. The monoisotopic (exact) mass is 393 g/mol. The zero-order valence-corrected chi connectivity index (χ0v) is 16.2. The van der Waals surface area contributed by atoms with E-state index in [0.717, 1.165) is 11.3 Å². The molecule has 0 fully saturated rings. The van der Waals surface area contributed by atoms with Gasteiger partial charge in [-0.05, 0) is 48.9 Å². The van der Waals surface area contributed by atoms with Crippen LogP contribution in [0.3, 0.4) is 0 Å². The summed E-state index contributed by atoms with van der Waals surface area (Å²) in [6.07, 6.45) is 5.26. The van der Waals surface area contributed by atoms with Gasteiger partial charge >= 0.3 is 0 Å². The molecule has 0 unspecified atom stereocenters. The van der Waals surface area contributed by atoms with Crippen molar-refractivity contribution in [1.29, 1.82) is 0 Å². The van der Waals surface area contributed by atoms with Crippen LogP contribution in [-0.4, -0.2) is 34.0 Å². The summed E-state index contributed by atoms with van der Waals surface area (Å²) in [4.78, 5) is 24.3. The van der Waals surface area contributed by atoms with E-state index in [-0.39, 0.29) is 5.91 Å². The fourth-order valence-electron chi connectivity index (χ4n) is 2.47. The molecule has 1 amide bonds. The number of nitrogens with zero attached hydrogens (tertiary/aromatic N) is 3. The molecule has 150 valence electrons. The lowest BCUT2D eigenvalue weighted by Crippen LogP contribution is -2.25. The van der Waals surface area contributed by atoms with Crippen LogP contribution in [0, 0.1) is 0 Å². The second-order valence-corrected chi connectivity index (χ2v) is 6.03. The van der Waals surface area contributed by atoms with Gasteiger partial charge in [-0.2, -0.15) is 0 Å². The van der Waals surface area contributed by atoms with E-state index in [1.165, 1.54) is 0 Å². The predicted molar refractivity (Wildman–Crippen MR) is 109 cm³/mol. The first-order valence-corrected chi connectivity index (χ1v) is 9.36. The maximum absolute atomic E-state index is 12.0. The highest BCUT2D eigenvalue weighted by atomic mass is 16.5.